The lowest BCUT2D eigenvalue weighted by molar-refractivity contribution is -0.127. The quantitative estimate of drug-likeness (QED) is 0.853. The van der Waals surface area contributed by atoms with Crippen LogP contribution >= 0.6 is 28.3 Å². The lowest BCUT2D eigenvalue weighted by atomic mass is 9.84. The third-order valence-corrected chi connectivity index (χ3v) is 5.74. The molecule has 3 nitrogen and oxygen atoms in total. The fourth-order valence-corrected chi connectivity index (χ4v) is 4.57. The van der Waals surface area contributed by atoms with Gasteiger partial charge in [0.15, 0.2) is 0 Å². The van der Waals surface area contributed by atoms with Crippen LogP contribution in [-0.2, 0) is 4.79 Å². The van der Waals surface area contributed by atoms with Gasteiger partial charge in [0.25, 0.3) is 0 Å². The fourth-order valence-electron chi connectivity index (χ4n) is 3.94. The molecule has 116 valence electrons. The Morgan fingerprint density at radius 1 is 1.33 bits per heavy atom. The summed E-state index contributed by atoms with van der Waals surface area (Å²) < 4.78 is 1.03. The standard InChI is InChI=1S/C16H21BrN2O.ClH/c1-9(12-4-2-3-5-13(12)17)19-16(20)14-10-6-7-11(8-10)15(14)18;/h2-5,9-11,14-15H,6-8,18H2,1H3,(H,19,20);1H. The van der Waals surface area contributed by atoms with E-state index in [2.05, 4.69) is 21.2 Å². The second kappa shape index (κ2) is 6.67. The first-order chi connectivity index (χ1) is 9.58. The predicted molar refractivity (Wildman–Crippen MR) is 90.2 cm³/mol. The molecule has 0 radical (unpaired) electrons. The number of nitrogens with one attached hydrogen (secondary N) is 1. The maximum atomic E-state index is 12.5. The van der Waals surface area contributed by atoms with Gasteiger partial charge < -0.3 is 11.1 Å². The van der Waals surface area contributed by atoms with Gasteiger partial charge in [0.05, 0.1) is 12.0 Å². The molecule has 5 unspecified atom stereocenters. The van der Waals surface area contributed by atoms with Crippen LogP contribution in [0.1, 0.15) is 37.8 Å². The molecule has 0 heterocycles. The second-order valence-corrected chi connectivity index (χ2v) is 7.04. The van der Waals surface area contributed by atoms with Crippen molar-refractivity contribution in [1.29, 1.82) is 0 Å². The molecule has 2 bridgehead atoms. The molecule has 0 aromatic heterocycles. The number of carbonyl (C=O) groups is 1. The van der Waals surface area contributed by atoms with Crippen molar-refractivity contribution in [2.45, 2.75) is 38.3 Å². The van der Waals surface area contributed by atoms with Gasteiger partial charge in [-0.15, -0.1) is 12.4 Å². The number of hydrogen-bond donors (Lipinski definition) is 2. The van der Waals surface area contributed by atoms with Gasteiger partial charge in [-0.3, -0.25) is 4.79 Å². The summed E-state index contributed by atoms with van der Waals surface area (Å²) in [5, 5.41) is 3.15. The molecule has 1 aromatic carbocycles. The molecule has 2 aliphatic rings. The van der Waals surface area contributed by atoms with E-state index < -0.39 is 0 Å². The summed E-state index contributed by atoms with van der Waals surface area (Å²) in [6.07, 6.45) is 3.51. The van der Waals surface area contributed by atoms with Crippen molar-refractivity contribution in [3.63, 3.8) is 0 Å². The van der Waals surface area contributed by atoms with Crippen molar-refractivity contribution in [3.05, 3.63) is 34.3 Å². The molecule has 2 saturated carbocycles. The number of rotatable bonds is 3. The molecule has 1 amide bonds. The van der Waals surface area contributed by atoms with Crippen molar-refractivity contribution >= 4 is 34.2 Å². The zero-order valence-corrected chi connectivity index (χ0v) is 14.5. The number of halogens is 2. The average Bonchev–Trinajstić information content (AvgIpc) is 2.99. The van der Waals surface area contributed by atoms with Crippen LogP contribution in [0.15, 0.2) is 28.7 Å². The highest BCUT2D eigenvalue weighted by Crippen LogP contribution is 2.47. The second-order valence-electron chi connectivity index (χ2n) is 6.19. The van der Waals surface area contributed by atoms with Gasteiger partial charge in [-0.1, -0.05) is 34.1 Å². The Morgan fingerprint density at radius 3 is 2.62 bits per heavy atom. The van der Waals surface area contributed by atoms with E-state index in [1.165, 1.54) is 12.8 Å². The maximum Gasteiger partial charge on any atom is 0.225 e. The van der Waals surface area contributed by atoms with Crippen LogP contribution < -0.4 is 11.1 Å². The van der Waals surface area contributed by atoms with E-state index in [-0.39, 0.29) is 36.3 Å². The van der Waals surface area contributed by atoms with Crippen LogP contribution in [0.5, 0.6) is 0 Å². The Bertz CT molecular complexity index is 523. The van der Waals surface area contributed by atoms with E-state index in [0.29, 0.717) is 11.8 Å². The fraction of sp³-hybridized carbons (Fsp3) is 0.562. The number of carbonyl (C=O) groups excluding carboxylic acids is 1. The number of benzene rings is 1. The minimum atomic E-state index is 0. The zero-order chi connectivity index (χ0) is 14.3. The van der Waals surface area contributed by atoms with Crippen LogP contribution in [-0.4, -0.2) is 11.9 Å². The van der Waals surface area contributed by atoms with E-state index in [1.807, 2.05) is 31.2 Å². The van der Waals surface area contributed by atoms with Crippen molar-refractivity contribution in [2.75, 3.05) is 0 Å². The van der Waals surface area contributed by atoms with Gasteiger partial charge >= 0.3 is 0 Å². The number of fused-ring (bicyclic) bond motifs is 2. The minimum absolute atomic E-state index is 0. The summed E-state index contributed by atoms with van der Waals surface area (Å²) in [4.78, 5) is 12.5. The summed E-state index contributed by atoms with van der Waals surface area (Å²) >= 11 is 3.54. The largest absolute Gasteiger partial charge is 0.349 e. The Balaban J connectivity index is 0.00000161. The molecular weight excluding hydrogens is 352 g/mol. The van der Waals surface area contributed by atoms with E-state index in [1.54, 1.807) is 0 Å². The molecule has 0 spiro atoms. The molecule has 0 saturated heterocycles. The first-order valence-corrected chi connectivity index (χ1v) is 8.17. The third kappa shape index (κ3) is 3.13. The molecule has 2 fully saturated rings. The van der Waals surface area contributed by atoms with Crippen LogP contribution in [0.3, 0.4) is 0 Å². The van der Waals surface area contributed by atoms with E-state index >= 15 is 0 Å². The van der Waals surface area contributed by atoms with Crippen LogP contribution in [0, 0.1) is 17.8 Å². The third-order valence-electron chi connectivity index (χ3n) is 5.01. The molecule has 2 aliphatic carbocycles. The number of nitrogens with two attached hydrogens (primary N) is 1. The molecule has 3 N–H and O–H groups in total. The first kappa shape index (κ1) is 16.8. The summed E-state index contributed by atoms with van der Waals surface area (Å²) in [6.45, 7) is 2.02. The highest BCUT2D eigenvalue weighted by atomic mass is 79.9. The molecule has 3 rings (SSSR count). The average molecular weight is 374 g/mol. The van der Waals surface area contributed by atoms with Gasteiger partial charge in [-0.2, -0.15) is 0 Å². The topological polar surface area (TPSA) is 55.1 Å². The lowest BCUT2D eigenvalue weighted by Crippen LogP contribution is -2.45. The molecule has 5 atom stereocenters. The van der Waals surface area contributed by atoms with Gasteiger partial charge in [-0.25, -0.2) is 0 Å². The Hall–Kier alpha value is -0.580. The van der Waals surface area contributed by atoms with Crippen LogP contribution in [0.2, 0.25) is 0 Å². The lowest BCUT2D eigenvalue weighted by Gasteiger charge is -2.28. The van der Waals surface area contributed by atoms with Crippen molar-refractivity contribution in [3.8, 4) is 0 Å². The summed E-state index contributed by atoms with van der Waals surface area (Å²) in [7, 11) is 0. The molecule has 21 heavy (non-hydrogen) atoms. The zero-order valence-electron chi connectivity index (χ0n) is 12.1. The molecule has 5 heteroatoms. The number of hydrogen-bond acceptors (Lipinski definition) is 2. The normalized spacial score (nSPS) is 31.6. The van der Waals surface area contributed by atoms with Gasteiger partial charge in [0.2, 0.25) is 5.91 Å². The first-order valence-electron chi connectivity index (χ1n) is 7.38. The minimum Gasteiger partial charge on any atom is -0.349 e. The van der Waals surface area contributed by atoms with E-state index in [4.69, 9.17) is 5.73 Å². The van der Waals surface area contributed by atoms with Gasteiger partial charge in [0.1, 0.15) is 0 Å². The number of amides is 1. The monoisotopic (exact) mass is 372 g/mol. The van der Waals surface area contributed by atoms with Crippen LogP contribution in [0.4, 0.5) is 0 Å². The Kier molecular flexibility index (Phi) is 5.33. The smallest absolute Gasteiger partial charge is 0.225 e. The highest BCUT2D eigenvalue weighted by Gasteiger charge is 2.49. The Morgan fingerprint density at radius 2 is 2.00 bits per heavy atom. The molecular formula is C16H22BrClN2O. The molecule has 1 aromatic rings. The van der Waals surface area contributed by atoms with Crippen molar-refractivity contribution in [1.82, 2.24) is 5.32 Å². The van der Waals surface area contributed by atoms with Crippen molar-refractivity contribution < 1.29 is 4.79 Å². The van der Waals surface area contributed by atoms with Crippen molar-refractivity contribution in [2.24, 2.45) is 23.5 Å². The van der Waals surface area contributed by atoms with E-state index in [9.17, 15) is 4.79 Å². The van der Waals surface area contributed by atoms with E-state index in [0.717, 1.165) is 16.5 Å². The maximum absolute atomic E-state index is 12.5. The Labute approximate surface area is 140 Å². The van der Waals surface area contributed by atoms with Gasteiger partial charge in [0, 0.05) is 10.5 Å². The predicted octanol–water partition coefficient (Wildman–Crippen LogP) is 3.42. The molecule has 0 aliphatic heterocycles. The summed E-state index contributed by atoms with van der Waals surface area (Å²) in [5.74, 6) is 1.21. The SMILES string of the molecule is CC(NC(=O)C1C2CCC(C2)C1N)c1ccccc1Br.Cl. The highest BCUT2D eigenvalue weighted by molar-refractivity contribution is 9.10. The van der Waals surface area contributed by atoms with Crippen LogP contribution in [0.25, 0.3) is 0 Å². The van der Waals surface area contributed by atoms with Gasteiger partial charge in [-0.05, 0) is 49.7 Å². The summed E-state index contributed by atoms with van der Waals surface area (Å²) in [6, 6.07) is 8.07. The summed E-state index contributed by atoms with van der Waals surface area (Å²) in [5.41, 5.74) is 7.35.